The zero-order chi connectivity index (χ0) is 14.4. The highest BCUT2D eigenvalue weighted by molar-refractivity contribution is 5.25. The van der Waals surface area contributed by atoms with Gasteiger partial charge in [-0.05, 0) is 50.0 Å². The molecule has 0 aliphatic carbocycles. The van der Waals surface area contributed by atoms with Crippen molar-refractivity contribution < 1.29 is 4.39 Å². The first-order valence-electron chi connectivity index (χ1n) is 7.93. The van der Waals surface area contributed by atoms with Gasteiger partial charge >= 0.3 is 0 Å². The maximum absolute atomic E-state index is 13.9. The van der Waals surface area contributed by atoms with Crippen molar-refractivity contribution >= 4 is 0 Å². The monoisotopic (exact) mass is 278 g/mol. The summed E-state index contributed by atoms with van der Waals surface area (Å²) >= 11 is 0. The molecular formula is C17H27FN2. The van der Waals surface area contributed by atoms with Gasteiger partial charge in [0.2, 0.25) is 0 Å². The molecule has 1 aliphatic rings. The number of benzene rings is 1. The van der Waals surface area contributed by atoms with Crippen molar-refractivity contribution in [1.29, 1.82) is 0 Å². The van der Waals surface area contributed by atoms with E-state index >= 15 is 0 Å². The molecule has 1 aromatic rings. The van der Waals surface area contributed by atoms with Crippen LogP contribution < -0.4 is 5.32 Å². The van der Waals surface area contributed by atoms with Crippen LogP contribution in [0.3, 0.4) is 0 Å². The van der Waals surface area contributed by atoms with E-state index in [0.717, 1.165) is 44.2 Å². The van der Waals surface area contributed by atoms with Gasteiger partial charge in [0.05, 0.1) is 0 Å². The molecule has 2 nitrogen and oxygen atoms in total. The second kappa shape index (κ2) is 7.75. The summed E-state index contributed by atoms with van der Waals surface area (Å²) in [6.45, 7) is 9.08. The fraction of sp³-hybridized carbons (Fsp3) is 0.647. The molecule has 1 aliphatic heterocycles. The average Bonchev–Trinajstić information content (AvgIpc) is 2.49. The summed E-state index contributed by atoms with van der Waals surface area (Å²) in [6, 6.07) is 5.51. The minimum Gasteiger partial charge on any atom is -0.313 e. The molecule has 1 saturated heterocycles. The molecule has 0 radical (unpaired) electrons. The van der Waals surface area contributed by atoms with Gasteiger partial charge in [0, 0.05) is 18.7 Å². The quantitative estimate of drug-likeness (QED) is 0.856. The van der Waals surface area contributed by atoms with Crippen molar-refractivity contribution in [3.63, 3.8) is 0 Å². The summed E-state index contributed by atoms with van der Waals surface area (Å²) in [5.74, 6) is 0.805. The number of hydrogen-bond acceptors (Lipinski definition) is 2. The summed E-state index contributed by atoms with van der Waals surface area (Å²) in [7, 11) is 0. The molecule has 112 valence electrons. The van der Waals surface area contributed by atoms with Crippen LogP contribution in [0.4, 0.5) is 4.39 Å². The molecule has 20 heavy (non-hydrogen) atoms. The molecule has 0 spiro atoms. The predicted octanol–water partition coefficient (Wildman–Crippen LogP) is 3.56. The zero-order valence-electron chi connectivity index (χ0n) is 12.8. The largest absolute Gasteiger partial charge is 0.313 e. The minimum atomic E-state index is -0.0668. The Morgan fingerprint density at radius 1 is 1.25 bits per heavy atom. The lowest BCUT2D eigenvalue weighted by Gasteiger charge is -2.31. The maximum Gasteiger partial charge on any atom is 0.127 e. The number of halogens is 1. The SMILES string of the molecule is CCNCc1ccc(F)c(CN2CCC(CC)CC2)c1. The van der Waals surface area contributed by atoms with Gasteiger partial charge in [-0.2, -0.15) is 0 Å². The number of hydrogen-bond donors (Lipinski definition) is 1. The molecule has 0 bridgehead atoms. The molecular weight excluding hydrogens is 251 g/mol. The molecule has 0 amide bonds. The van der Waals surface area contributed by atoms with Crippen LogP contribution in [-0.4, -0.2) is 24.5 Å². The summed E-state index contributed by atoms with van der Waals surface area (Å²) in [5.41, 5.74) is 2.02. The van der Waals surface area contributed by atoms with Crippen molar-refractivity contribution in [1.82, 2.24) is 10.2 Å². The first kappa shape index (κ1) is 15.5. The van der Waals surface area contributed by atoms with E-state index < -0.39 is 0 Å². The van der Waals surface area contributed by atoms with Gasteiger partial charge in [-0.1, -0.05) is 32.4 Å². The van der Waals surface area contributed by atoms with Gasteiger partial charge in [0.15, 0.2) is 0 Å². The van der Waals surface area contributed by atoms with E-state index in [1.807, 2.05) is 12.1 Å². The average molecular weight is 278 g/mol. The van der Waals surface area contributed by atoms with E-state index in [2.05, 4.69) is 24.1 Å². The Bertz CT molecular complexity index is 411. The third-order valence-corrected chi connectivity index (χ3v) is 4.37. The third-order valence-electron chi connectivity index (χ3n) is 4.37. The van der Waals surface area contributed by atoms with Crippen molar-refractivity contribution in [2.75, 3.05) is 19.6 Å². The van der Waals surface area contributed by atoms with Crippen LogP contribution in [0.2, 0.25) is 0 Å². The smallest absolute Gasteiger partial charge is 0.127 e. The van der Waals surface area contributed by atoms with Crippen LogP contribution in [0.5, 0.6) is 0 Å². The molecule has 0 unspecified atom stereocenters. The number of rotatable bonds is 6. The second-order valence-electron chi connectivity index (χ2n) is 5.83. The maximum atomic E-state index is 13.9. The first-order valence-corrected chi connectivity index (χ1v) is 7.93. The van der Waals surface area contributed by atoms with E-state index in [4.69, 9.17) is 0 Å². The van der Waals surface area contributed by atoms with Gasteiger partial charge in [-0.3, -0.25) is 4.90 Å². The highest BCUT2D eigenvalue weighted by atomic mass is 19.1. The Morgan fingerprint density at radius 2 is 2.00 bits per heavy atom. The summed E-state index contributed by atoms with van der Waals surface area (Å²) in [5, 5.41) is 3.29. The van der Waals surface area contributed by atoms with Gasteiger partial charge in [-0.15, -0.1) is 0 Å². The van der Waals surface area contributed by atoms with E-state index in [0.29, 0.717) is 0 Å². The summed E-state index contributed by atoms with van der Waals surface area (Å²) < 4.78 is 13.9. The molecule has 1 N–H and O–H groups in total. The van der Waals surface area contributed by atoms with Crippen molar-refractivity contribution in [3.8, 4) is 0 Å². The molecule has 1 fully saturated rings. The molecule has 0 atom stereocenters. The molecule has 2 rings (SSSR count). The first-order chi connectivity index (χ1) is 9.72. The van der Waals surface area contributed by atoms with E-state index in [1.165, 1.54) is 24.8 Å². The molecule has 1 aromatic carbocycles. The van der Waals surface area contributed by atoms with Crippen molar-refractivity contribution in [2.45, 2.75) is 46.2 Å². The van der Waals surface area contributed by atoms with Gasteiger partial charge in [-0.25, -0.2) is 4.39 Å². The topological polar surface area (TPSA) is 15.3 Å². The molecule has 3 heteroatoms. The number of nitrogens with one attached hydrogen (secondary N) is 1. The highest BCUT2D eigenvalue weighted by Crippen LogP contribution is 2.22. The van der Waals surface area contributed by atoms with Crippen molar-refractivity contribution in [3.05, 3.63) is 35.1 Å². The summed E-state index contributed by atoms with van der Waals surface area (Å²) in [4.78, 5) is 2.39. The van der Waals surface area contributed by atoms with E-state index in [9.17, 15) is 4.39 Å². The third kappa shape index (κ3) is 4.29. The highest BCUT2D eigenvalue weighted by Gasteiger charge is 2.18. The number of nitrogens with zero attached hydrogens (tertiary/aromatic N) is 1. The molecule has 0 saturated carbocycles. The van der Waals surface area contributed by atoms with Gasteiger partial charge < -0.3 is 5.32 Å². The lowest BCUT2D eigenvalue weighted by molar-refractivity contribution is 0.173. The van der Waals surface area contributed by atoms with Crippen LogP contribution in [0.25, 0.3) is 0 Å². The minimum absolute atomic E-state index is 0.0668. The molecule has 0 aromatic heterocycles. The lowest BCUT2D eigenvalue weighted by atomic mass is 9.94. The summed E-state index contributed by atoms with van der Waals surface area (Å²) in [6.07, 6.45) is 3.80. The number of piperidine rings is 1. The predicted molar refractivity (Wildman–Crippen MR) is 82.1 cm³/mol. The van der Waals surface area contributed by atoms with Crippen LogP contribution in [0.1, 0.15) is 44.2 Å². The normalized spacial score (nSPS) is 17.6. The number of likely N-dealkylation sites (tertiary alicyclic amines) is 1. The Labute approximate surface area is 122 Å². The molecule has 1 heterocycles. The van der Waals surface area contributed by atoms with Crippen LogP contribution in [0.15, 0.2) is 18.2 Å². The second-order valence-corrected chi connectivity index (χ2v) is 5.83. The Hall–Kier alpha value is -0.930. The standard InChI is InChI=1S/C17H27FN2/c1-3-14-7-9-20(10-8-14)13-16-11-15(12-19-4-2)5-6-17(16)18/h5-6,11,14,19H,3-4,7-10,12-13H2,1-2H3. The van der Waals surface area contributed by atoms with E-state index in [1.54, 1.807) is 6.07 Å². The Balaban J connectivity index is 1.94. The van der Waals surface area contributed by atoms with Crippen LogP contribution >= 0.6 is 0 Å². The van der Waals surface area contributed by atoms with Gasteiger partial charge in [0.1, 0.15) is 5.82 Å². The zero-order valence-corrected chi connectivity index (χ0v) is 12.8. The van der Waals surface area contributed by atoms with Gasteiger partial charge in [0.25, 0.3) is 0 Å². The van der Waals surface area contributed by atoms with E-state index in [-0.39, 0.29) is 5.82 Å². The van der Waals surface area contributed by atoms with Crippen molar-refractivity contribution in [2.24, 2.45) is 5.92 Å². The lowest BCUT2D eigenvalue weighted by Crippen LogP contribution is -2.33. The Kier molecular flexibility index (Phi) is 5.99. The van der Waals surface area contributed by atoms with Crippen LogP contribution in [-0.2, 0) is 13.1 Å². The van der Waals surface area contributed by atoms with Crippen LogP contribution in [0, 0.1) is 11.7 Å². The Morgan fingerprint density at radius 3 is 2.65 bits per heavy atom. The fourth-order valence-corrected chi connectivity index (χ4v) is 2.92. The fourth-order valence-electron chi connectivity index (χ4n) is 2.92.